The molecule has 0 atom stereocenters. The first-order valence-electron chi connectivity index (χ1n) is 21.3. The van der Waals surface area contributed by atoms with Gasteiger partial charge in [-0.25, -0.2) is 15.0 Å². The summed E-state index contributed by atoms with van der Waals surface area (Å²) < 4.78 is 7.68. The smallest absolute Gasteiger partial charge is 0.164 e. The van der Waals surface area contributed by atoms with Gasteiger partial charge < -0.3 is 8.80 Å². The van der Waals surface area contributed by atoms with E-state index < -0.39 is 0 Å². The predicted molar refractivity (Wildman–Crippen MR) is 264 cm³/mol. The molecular weight excluding hydrogens is 787 g/mol. The number of para-hydroxylation sites is 3. The fraction of sp³-hybridized carbons (Fsp3) is 0. The van der Waals surface area contributed by atoms with Crippen LogP contribution in [-0.4, -0.2) is 23.8 Å². The van der Waals surface area contributed by atoms with Crippen molar-refractivity contribution in [3.05, 3.63) is 200 Å². The Hall–Kier alpha value is -8.19. The third-order valence-corrected chi connectivity index (χ3v) is 14.1. The summed E-state index contributed by atoms with van der Waals surface area (Å²) in [7, 11) is 0. The maximum Gasteiger partial charge on any atom is 0.164 e. The monoisotopic (exact) mass is 819 g/mol. The summed E-state index contributed by atoms with van der Waals surface area (Å²) in [5.74, 6) is 1.95. The van der Waals surface area contributed by atoms with Crippen LogP contribution in [0.15, 0.2) is 200 Å². The zero-order chi connectivity index (χ0) is 41.2. The number of thiophene rings is 1. The van der Waals surface area contributed by atoms with Gasteiger partial charge in [-0.3, -0.25) is 0 Å². The molecule has 5 heterocycles. The number of hydrogen-bond donors (Lipinski definition) is 0. The third kappa shape index (κ3) is 5.01. The number of rotatable bonds is 4. The molecule has 0 aliphatic rings. The van der Waals surface area contributed by atoms with Crippen LogP contribution < -0.4 is 0 Å². The van der Waals surface area contributed by atoms with Crippen LogP contribution in [0, 0.1) is 0 Å². The minimum absolute atomic E-state index is 0.644. The van der Waals surface area contributed by atoms with Gasteiger partial charge >= 0.3 is 0 Å². The van der Waals surface area contributed by atoms with Crippen LogP contribution in [0.2, 0.25) is 0 Å². The Kier molecular flexibility index (Phi) is 7.21. The van der Waals surface area contributed by atoms with Crippen molar-refractivity contribution in [3.63, 3.8) is 0 Å². The van der Waals surface area contributed by atoms with E-state index in [0.29, 0.717) is 17.5 Å². The molecule has 5 aromatic heterocycles. The highest BCUT2D eigenvalue weighted by Crippen LogP contribution is 2.45. The van der Waals surface area contributed by atoms with Gasteiger partial charge in [-0.15, -0.1) is 11.3 Å². The highest BCUT2D eigenvalue weighted by atomic mass is 32.1. The Bertz CT molecular complexity index is 4130. The van der Waals surface area contributed by atoms with E-state index in [0.717, 1.165) is 27.8 Å². The van der Waals surface area contributed by atoms with Crippen molar-refractivity contribution in [2.75, 3.05) is 0 Å². The Morgan fingerprint density at radius 2 is 0.810 bits per heavy atom. The molecule has 5 nitrogen and oxygen atoms in total. The summed E-state index contributed by atoms with van der Waals surface area (Å²) >= 11 is 1.90. The molecule has 0 saturated carbocycles. The van der Waals surface area contributed by atoms with Crippen molar-refractivity contribution in [3.8, 4) is 45.3 Å². The molecule has 14 rings (SSSR count). The summed E-state index contributed by atoms with van der Waals surface area (Å²) in [6.07, 6.45) is 0. The first-order valence-corrected chi connectivity index (χ1v) is 22.1. The van der Waals surface area contributed by atoms with Gasteiger partial charge in [0.1, 0.15) is 0 Å². The minimum Gasteiger partial charge on any atom is -0.307 e. The number of hydrogen-bond acceptors (Lipinski definition) is 4. The van der Waals surface area contributed by atoms with E-state index in [1.165, 1.54) is 85.6 Å². The van der Waals surface area contributed by atoms with Gasteiger partial charge in [0, 0.05) is 69.2 Å². The lowest BCUT2D eigenvalue weighted by molar-refractivity contribution is 1.07. The van der Waals surface area contributed by atoms with Crippen molar-refractivity contribution in [1.29, 1.82) is 0 Å². The summed E-state index contributed by atoms with van der Waals surface area (Å²) in [4.78, 5) is 14.9. The molecule has 9 aromatic carbocycles. The molecule has 0 saturated heterocycles. The van der Waals surface area contributed by atoms with Crippen LogP contribution in [0.1, 0.15) is 0 Å². The Balaban J connectivity index is 1.02. The topological polar surface area (TPSA) is 47.5 Å². The number of fused-ring (bicyclic) bond motifs is 14. The van der Waals surface area contributed by atoms with E-state index in [-0.39, 0.29) is 0 Å². The van der Waals surface area contributed by atoms with E-state index in [9.17, 15) is 0 Å². The van der Waals surface area contributed by atoms with Gasteiger partial charge in [-0.2, -0.15) is 0 Å². The van der Waals surface area contributed by atoms with Crippen LogP contribution in [0.3, 0.4) is 0 Å². The van der Waals surface area contributed by atoms with Crippen molar-refractivity contribution < 1.29 is 0 Å². The molecule has 0 N–H and O–H groups in total. The summed E-state index contributed by atoms with van der Waals surface area (Å²) in [6.45, 7) is 0. The average molecular weight is 820 g/mol. The molecule has 0 fully saturated rings. The fourth-order valence-electron chi connectivity index (χ4n) is 10.1. The van der Waals surface area contributed by atoms with Gasteiger partial charge in [0.2, 0.25) is 0 Å². The molecule has 6 heteroatoms. The first-order chi connectivity index (χ1) is 31.2. The lowest BCUT2D eigenvalue weighted by atomic mass is 10.0. The molecule has 63 heavy (non-hydrogen) atoms. The van der Waals surface area contributed by atoms with Crippen molar-refractivity contribution in [2.45, 2.75) is 0 Å². The first kappa shape index (κ1) is 34.5. The van der Waals surface area contributed by atoms with E-state index in [2.05, 4.69) is 148 Å². The fourth-order valence-corrected chi connectivity index (χ4v) is 11.4. The summed E-state index contributed by atoms with van der Waals surface area (Å²) in [6, 6.07) is 72.0. The largest absolute Gasteiger partial charge is 0.307 e. The molecule has 0 unspecified atom stereocenters. The van der Waals surface area contributed by atoms with Crippen molar-refractivity contribution in [2.24, 2.45) is 0 Å². The van der Waals surface area contributed by atoms with E-state index in [1.54, 1.807) is 0 Å². The highest BCUT2D eigenvalue weighted by Gasteiger charge is 2.22. The Morgan fingerprint density at radius 3 is 1.56 bits per heavy atom. The summed E-state index contributed by atoms with van der Waals surface area (Å²) in [5.41, 5.74) is 12.4. The molecule has 0 bridgehead atoms. The lowest BCUT2D eigenvalue weighted by Crippen LogP contribution is -2.00. The minimum atomic E-state index is 0.644. The number of aromatic nitrogens is 5. The van der Waals surface area contributed by atoms with Crippen LogP contribution >= 0.6 is 11.3 Å². The van der Waals surface area contributed by atoms with Gasteiger partial charge in [-0.05, 0) is 47.5 Å². The molecule has 0 amide bonds. The van der Waals surface area contributed by atoms with Crippen LogP contribution in [0.5, 0.6) is 0 Å². The molecule has 292 valence electrons. The predicted octanol–water partition coefficient (Wildman–Crippen LogP) is 15.2. The van der Waals surface area contributed by atoms with Gasteiger partial charge in [0.25, 0.3) is 0 Å². The Labute approximate surface area is 364 Å². The zero-order valence-electron chi connectivity index (χ0n) is 33.7. The Morgan fingerprint density at radius 1 is 0.302 bits per heavy atom. The van der Waals surface area contributed by atoms with E-state index in [1.807, 2.05) is 72.0 Å². The van der Waals surface area contributed by atoms with Crippen molar-refractivity contribution in [1.82, 2.24) is 23.8 Å². The normalized spacial score (nSPS) is 12.1. The quantitative estimate of drug-likeness (QED) is 0.178. The second-order valence-electron chi connectivity index (χ2n) is 16.3. The van der Waals surface area contributed by atoms with Gasteiger partial charge in [-0.1, -0.05) is 164 Å². The van der Waals surface area contributed by atoms with Crippen LogP contribution in [0.25, 0.3) is 131 Å². The van der Waals surface area contributed by atoms with Gasteiger partial charge in [0.15, 0.2) is 17.5 Å². The lowest BCUT2D eigenvalue weighted by Gasteiger charge is -2.11. The summed E-state index contributed by atoms with van der Waals surface area (Å²) in [5, 5.41) is 10.1. The van der Waals surface area contributed by atoms with Crippen LogP contribution in [-0.2, 0) is 0 Å². The second kappa shape index (κ2) is 13.2. The zero-order valence-corrected chi connectivity index (χ0v) is 34.5. The van der Waals surface area contributed by atoms with Gasteiger partial charge in [0.05, 0.1) is 33.1 Å². The average Bonchev–Trinajstić information content (AvgIpc) is 4.01. The third-order valence-electron chi connectivity index (χ3n) is 12.9. The molecule has 14 aromatic rings. The second-order valence-corrected chi connectivity index (χ2v) is 17.4. The molecule has 0 spiro atoms. The standard InChI is InChI=1S/C57H33N5S/c1-3-13-35(14-4-1)55-58-56(36-15-5-2-6-16-36)60-57(59-55)37-27-25-34(26-28-37)38-29-31-47-45(33-38)42-19-11-21-44-51-48(32-30-43-40-18-8-10-24-50(40)63-54(43)51)61-46-22-9-7-17-39(46)41-20-12-23-49(53(41)61)62(47)52(42)44/h1-33H. The number of benzene rings is 9. The van der Waals surface area contributed by atoms with Crippen LogP contribution in [0.4, 0.5) is 0 Å². The molecule has 0 aliphatic heterocycles. The SMILES string of the molecule is c1ccc(-c2nc(-c3ccccc3)nc(-c3ccc(-c4ccc5c(c4)c4cccc6c7c8sc9ccccc9c8ccc7n7c8ccccc8c8cccc(c87)n5c46)cc3)n2)cc1. The van der Waals surface area contributed by atoms with E-state index in [4.69, 9.17) is 15.0 Å². The van der Waals surface area contributed by atoms with E-state index >= 15 is 0 Å². The van der Waals surface area contributed by atoms with Crippen molar-refractivity contribution >= 4 is 96.9 Å². The number of nitrogens with zero attached hydrogens (tertiary/aromatic N) is 5. The highest BCUT2D eigenvalue weighted by molar-refractivity contribution is 7.26. The maximum absolute atomic E-state index is 4.99. The molecular formula is C57H33N5S. The molecule has 0 radical (unpaired) electrons. The molecule has 0 aliphatic carbocycles. The maximum atomic E-state index is 4.99.